The molecule has 2 N–H and O–H groups in total. The van der Waals surface area contributed by atoms with Crippen molar-refractivity contribution in [2.24, 2.45) is 7.05 Å². The van der Waals surface area contributed by atoms with Gasteiger partial charge in [0.1, 0.15) is 5.75 Å². The Hall–Kier alpha value is -2.50. The quantitative estimate of drug-likeness (QED) is 0.896. The lowest BCUT2D eigenvalue weighted by Gasteiger charge is -2.08. The van der Waals surface area contributed by atoms with Crippen molar-refractivity contribution in [3.63, 3.8) is 0 Å². The number of hydrogen-bond donors (Lipinski definition) is 2. The summed E-state index contributed by atoms with van der Waals surface area (Å²) in [5.74, 6) is 0.752. The molecule has 0 spiro atoms. The lowest BCUT2D eigenvalue weighted by atomic mass is 10.2. The van der Waals surface area contributed by atoms with Crippen LogP contribution in [0.4, 0.5) is 10.5 Å². The predicted molar refractivity (Wildman–Crippen MR) is 76.8 cm³/mol. The molecule has 0 bridgehead atoms. The first-order valence-corrected chi connectivity index (χ1v) is 6.26. The Morgan fingerprint density at radius 1 is 1.35 bits per heavy atom. The molecule has 20 heavy (non-hydrogen) atoms. The van der Waals surface area contributed by atoms with Gasteiger partial charge >= 0.3 is 6.03 Å². The second-order valence-corrected chi connectivity index (χ2v) is 4.42. The molecule has 0 aliphatic carbocycles. The molecule has 0 unspecified atom stereocenters. The highest BCUT2D eigenvalue weighted by Gasteiger charge is 2.06. The number of rotatable bonds is 4. The number of aryl methyl sites for hydroxylation is 1. The van der Waals surface area contributed by atoms with E-state index in [4.69, 9.17) is 4.74 Å². The van der Waals surface area contributed by atoms with Gasteiger partial charge in [-0.15, -0.1) is 0 Å². The van der Waals surface area contributed by atoms with Crippen LogP contribution < -0.4 is 15.4 Å². The van der Waals surface area contributed by atoms with Gasteiger partial charge in [-0.25, -0.2) is 4.79 Å². The van der Waals surface area contributed by atoms with Crippen LogP contribution in [0.2, 0.25) is 0 Å². The summed E-state index contributed by atoms with van der Waals surface area (Å²) >= 11 is 0. The average Bonchev–Trinajstić information content (AvgIpc) is 2.77. The van der Waals surface area contributed by atoms with Crippen molar-refractivity contribution >= 4 is 11.7 Å². The van der Waals surface area contributed by atoms with Gasteiger partial charge < -0.3 is 15.4 Å². The Morgan fingerprint density at radius 3 is 2.60 bits per heavy atom. The molecule has 106 valence electrons. The molecule has 0 atom stereocenters. The van der Waals surface area contributed by atoms with Crippen molar-refractivity contribution < 1.29 is 9.53 Å². The minimum atomic E-state index is -0.251. The fourth-order valence-electron chi connectivity index (χ4n) is 1.74. The zero-order valence-corrected chi connectivity index (χ0v) is 11.8. The molecule has 0 aliphatic heterocycles. The van der Waals surface area contributed by atoms with E-state index in [1.165, 1.54) is 0 Å². The van der Waals surface area contributed by atoms with Crippen LogP contribution in [0.25, 0.3) is 0 Å². The Morgan fingerprint density at radius 2 is 2.05 bits per heavy atom. The molecule has 0 saturated heterocycles. The second-order valence-electron chi connectivity index (χ2n) is 4.42. The molecule has 2 rings (SSSR count). The Bertz CT molecular complexity index is 590. The van der Waals surface area contributed by atoms with Crippen molar-refractivity contribution in [3.05, 3.63) is 41.7 Å². The van der Waals surface area contributed by atoms with E-state index >= 15 is 0 Å². The zero-order chi connectivity index (χ0) is 14.5. The van der Waals surface area contributed by atoms with Gasteiger partial charge in [-0.05, 0) is 31.2 Å². The minimum absolute atomic E-state index is 0.251. The van der Waals surface area contributed by atoms with Gasteiger partial charge in [0.25, 0.3) is 0 Å². The minimum Gasteiger partial charge on any atom is -0.497 e. The Labute approximate surface area is 117 Å². The summed E-state index contributed by atoms with van der Waals surface area (Å²) in [7, 11) is 3.47. The summed E-state index contributed by atoms with van der Waals surface area (Å²) in [6.45, 7) is 2.41. The predicted octanol–water partition coefficient (Wildman–Crippen LogP) is 2.06. The summed E-state index contributed by atoms with van der Waals surface area (Å²) in [6.07, 6.45) is 1.75. The van der Waals surface area contributed by atoms with Crippen LogP contribution in [-0.2, 0) is 13.6 Å². The van der Waals surface area contributed by atoms with Crippen LogP contribution in [0.15, 0.2) is 30.5 Å². The van der Waals surface area contributed by atoms with Crippen LogP contribution in [0.3, 0.4) is 0 Å². The van der Waals surface area contributed by atoms with Crippen molar-refractivity contribution in [2.75, 3.05) is 12.4 Å². The number of urea groups is 1. The van der Waals surface area contributed by atoms with Crippen molar-refractivity contribution in [1.29, 1.82) is 0 Å². The third kappa shape index (κ3) is 3.28. The van der Waals surface area contributed by atoms with Crippen LogP contribution >= 0.6 is 0 Å². The maximum atomic E-state index is 11.8. The van der Waals surface area contributed by atoms with Crippen molar-refractivity contribution in [2.45, 2.75) is 13.5 Å². The summed E-state index contributed by atoms with van der Waals surface area (Å²) in [5.41, 5.74) is 2.75. The molecule has 1 aromatic heterocycles. The fraction of sp³-hybridized carbons (Fsp3) is 0.286. The number of ether oxygens (including phenoxy) is 1. The largest absolute Gasteiger partial charge is 0.497 e. The zero-order valence-electron chi connectivity index (χ0n) is 11.8. The number of carbonyl (C=O) groups excluding carboxylic acids is 1. The smallest absolute Gasteiger partial charge is 0.319 e. The number of anilines is 1. The van der Waals surface area contributed by atoms with Gasteiger partial charge in [0, 0.05) is 30.5 Å². The number of hydrogen-bond acceptors (Lipinski definition) is 3. The third-order valence-electron chi connectivity index (χ3n) is 3.12. The lowest BCUT2D eigenvalue weighted by Crippen LogP contribution is -2.28. The molecule has 1 heterocycles. The maximum Gasteiger partial charge on any atom is 0.319 e. The van der Waals surface area contributed by atoms with E-state index in [2.05, 4.69) is 15.7 Å². The molecular formula is C14H18N4O2. The number of benzene rings is 1. The average molecular weight is 274 g/mol. The van der Waals surface area contributed by atoms with E-state index in [9.17, 15) is 4.79 Å². The first kappa shape index (κ1) is 13.9. The van der Waals surface area contributed by atoms with E-state index in [1.807, 2.05) is 14.0 Å². The normalized spacial score (nSPS) is 10.2. The SMILES string of the molecule is COc1ccc(NC(=O)NCc2cnn(C)c2C)cc1. The second kappa shape index (κ2) is 6.10. The first-order chi connectivity index (χ1) is 9.60. The van der Waals surface area contributed by atoms with Crippen LogP contribution in [0.1, 0.15) is 11.3 Å². The van der Waals surface area contributed by atoms with E-state index in [1.54, 1.807) is 42.3 Å². The molecule has 6 heteroatoms. The van der Waals surface area contributed by atoms with Crippen LogP contribution in [-0.4, -0.2) is 22.9 Å². The number of nitrogens with one attached hydrogen (secondary N) is 2. The van der Waals surface area contributed by atoms with Gasteiger partial charge in [-0.2, -0.15) is 5.10 Å². The Balaban J connectivity index is 1.87. The standard InChI is InChI=1S/C14H18N4O2/c1-10-11(9-16-18(10)2)8-15-14(19)17-12-4-6-13(20-3)7-5-12/h4-7,9H,8H2,1-3H3,(H2,15,17,19). The summed E-state index contributed by atoms with van der Waals surface area (Å²) in [6, 6.07) is 6.90. The van der Waals surface area contributed by atoms with Crippen molar-refractivity contribution in [1.82, 2.24) is 15.1 Å². The van der Waals surface area contributed by atoms with E-state index in [0.29, 0.717) is 12.2 Å². The molecule has 0 saturated carbocycles. The summed E-state index contributed by atoms with van der Waals surface area (Å²) < 4.78 is 6.83. The number of nitrogens with zero attached hydrogens (tertiary/aromatic N) is 2. The van der Waals surface area contributed by atoms with Gasteiger partial charge in [-0.1, -0.05) is 0 Å². The van der Waals surface area contributed by atoms with E-state index in [-0.39, 0.29) is 6.03 Å². The molecular weight excluding hydrogens is 256 g/mol. The monoisotopic (exact) mass is 274 g/mol. The number of carbonyl (C=O) groups is 1. The molecule has 0 radical (unpaired) electrons. The molecule has 2 aromatic rings. The molecule has 1 aromatic carbocycles. The molecule has 2 amide bonds. The summed E-state index contributed by atoms with van der Waals surface area (Å²) in [4.78, 5) is 11.8. The molecule has 6 nitrogen and oxygen atoms in total. The van der Waals surface area contributed by atoms with Gasteiger partial charge in [-0.3, -0.25) is 4.68 Å². The Kier molecular flexibility index (Phi) is 4.24. The topological polar surface area (TPSA) is 68.2 Å². The maximum absolute atomic E-state index is 11.8. The van der Waals surface area contributed by atoms with Crippen LogP contribution in [0.5, 0.6) is 5.75 Å². The molecule has 0 aliphatic rings. The van der Waals surface area contributed by atoms with Crippen molar-refractivity contribution in [3.8, 4) is 5.75 Å². The number of aromatic nitrogens is 2. The first-order valence-electron chi connectivity index (χ1n) is 6.26. The lowest BCUT2D eigenvalue weighted by molar-refractivity contribution is 0.251. The highest BCUT2D eigenvalue weighted by Crippen LogP contribution is 2.14. The third-order valence-corrected chi connectivity index (χ3v) is 3.12. The summed E-state index contributed by atoms with van der Waals surface area (Å²) in [5, 5.41) is 9.68. The van der Waals surface area contributed by atoms with Gasteiger partial charge in [0.05, 0.1) is 13.3 Å². The molecule has 0 fully saturated rings. The van der Waals surface area contributed by atoms with Gasteiger partial charge in [0.15, 0.2) is 0 Å². The fourth-order valence-corrected chi connectivity index (χ4v) is 1.74. The number of amides is 2. The number of methoxy groups -OCH3 is 1. The van der Waals surface area contributed by atoms with E-state index in [0.717, 1.165) is 17.0 Å². The highest BCUT2D eigenvalue weighted by molar-refractivity contribution is 5.89. The van der Waals surface area contributed by atoms with Crippen LogP contribution in [0, 0.1) is 6.92 Å². The van der Waals surface area contributed by atoms with E-state index < -0.39 is 0 Å². The van der Waals surface area contributed by atoms with Gasteiger partial charge in [0.2, 0.25) is 0 Å². The highest BCUT2D eigenvalue weighted by atomic mass is 16.5.